The van der Waals surface area contributed by atoms with E-state index in [4.69, 9.17) is 5.11 Å². The molecule has 0 unspecified atom stereocenters. The van der Waals surface area contributed by atoms with Gasteiger partial charge >= 0.3 is 5.97 Å². The lowest BCUT2D eigenvalue weighted by molar-refractivity contribution is -0.141. The average molecular weight is 188 g/mol. The summed E-state index contributed by atoms with van der Waals surface area (Å²) < 4.78 is 0. The van der Waals surface area contributed by atoms with Crippen LogP contribution in [-0.4, -0.2) is 49.1 Å². The lowest BCUT2D eigenvalue weighted by Gasteiger charge is -2.11. The first-order valence-corrected chi connectivity index (χ1v) is 4.07. The topological polar surface area (TPSA) is 69.6 Å². The Kier molecular flexibility index (Phi) is 5.06. The van der Waals surface area contributed by atoms with E-state index < -0.39 is 11.9 Å². The molecule has 0 heterocycles. The van der Waals surface area contributed by atoms with Gasteiger partial charge in [-0.05, 0) is 14.1 Å². The summed E-state index contributed by atoms with van der Waals surface area (Å²) in [4.78, 5) is 23.1. The van der Waals surface area contributed by atoms with Crippen molar-refractivity contribution >= 4 is 11.9 Å². The van der Waals surface area contributed by atoms with Crippen molar-refractivity contribution in [2.75, 3.05) is 27.2 Å². The monoisotopic (exact) mass is 188 g/mol. The number of amides is 1. The fourth-order valence-electron chi connectivity index (χ4n) is 0.697. The molecule has 0 aromatic heterocycles. The molecule has 0 aromatic carbocycles. The second-order valence-electron chi connectivity index (χ2n) is 3.28. The van der Waals surface area contributed by atoms with Gasteiger partial charge in [0.2, 0.25) is 5.91 Å². The van der Waals surface area contributed by atoms with Gasteiger partial charge in [-0.2, -0.15) is 0 Å². The molecule has 5 heteroatoms. The highest BCUT2D eigenvalue weighted by molar-refractivity contribution is 5.78. The molecular formula is C8H16N2O3. The fourth-order valence-corrected chi connectivity index (χ4v) is 0.697. The van der Waals surface area contributed by atoms with Crippen LogP contribution in [0.25, 0.3) is 0 Å². The maximum Gasteiger partial charge on any atom is 0.308 e. The minimum absolute atomic E-state index is 0.155. The number of carboxylic acids is 1. The average Bonchev–Trinajstić information content (AvgIpc) is 1.98. The van der Waals surface area contributed by atoms with Crippen molar-refractivity contribution in [1.82, 2.24) is 10.2 Å². The summed E-state index contributed by atoms with van der Waals surface area (Å²) in [6.45, 7) is 2.02. The second-order valence-corrected chi connectivity index (χ2v) is 3.28. The van der Waals surface area contributed by atoms with Crippen molar-refractivity contribution < 1.29 is 14.7 Å². The van der Waals surface area contributed by atoms with E-state index in [0.29, 0.717) is 0 Å². The number of carbonyl (C=O) groups is 2. The molecule has 1 amide bonds. The molecule has 1 atom stereocenters. The van der Waals surface area contributed by atoms with E-state index in [9.17, 15) is 9.59 Å². The minimum Gasteiger partial charge on any atom is -0.481 e. The highest BCUT2D eigenvalue weighted by Gasteiger charge is 2.11. The van der Waals surface area contributed by atoms with Crippen LogP contribution in [0.4, 0.5) is 0 Å². The Morgan fingerprint density at radius 2 is 2.00 bits per heavy atom. The summed E-state index contributed by atoms with van der Waals surface area (Å²) in [6.07, 6.45) is 0. The molecule has 0 aromatic rings. The predicted octanol–water partition coefficient (Wildman–Crippen LogP) is -0.615. The van der Waals surface area contributed by atoms with Gasteiger partial charge in [0, 0.05) is 6.54 Å². The largest absolute Gasteiger partial charge is 0.481 e. The van der Waals surface area contributed by atoms with Crippen LogP contribution in [-0.2, 0) is 9.59 Å². The molecule has 0 aliphatic carbocycles. The zero-order chi connectivity index (χ0) is 10.4. The third-order valence-corrected chi connectivity index (χ3v) is 1.49. The fraction of sp³-hybridized carbons (Fsp3) is 0.750. The SMILES string of the molecule is C[C@@H](CNC(=O)CN(C)C)C(=O)O. The molecule has 13 heavy (non-hydrogen) atoms. The van der Waals surface area contributed by atoms with Crippen molar-refractivity contribution in [3.8, 4) is 0 Å². The number of nitrogens with zero attached hydrogens (tertiary/aromatic N) is 1. The predicted molar refractivity (Wildman–Crippen MR) is 48.4 cm³/mol. The maximum atomic E-state index is 11.0. The van der Waals surface area contributed by atoms with Crippen LogP contribution in [0.2, 0.25) is 0 Å². The van der Waals surface area contributed by atoms with Crippen molar-refractivity contribution in [1.29, 1.82) is 0 Å². The van der Waals surface area contributed by atoms with E-state index in [0.717, 1.165) is 0 Å². The first-order chi connectivity index (χ1) is 5.93. The van der Waals surface area contributed by atoms with Gasteiger partial charge in [-0.25, -0.2) is 0 Å². The number of hydrogen-bond acceptors (Lipinski definition) is 3. The molecule has 5 nitrogen and oxygen atoms in total. The summed E-state index contributed by atoms with van der Waals surface area (Å²) in [6, 6.07) is 0. The molecule has 76 valence electrons. The van der Waals surface area contributed by atoms with Gasteiger partial charge in [0.25, 0.3) is 0 Å². The normalized spacial score (nSPS) is 12.6. The van der Waals surface area contributed by atoms with Crippen molar-refractivity contribution in [3.05, 3.63) is 0 Å². The van der Waals surface area contributed by atoms with E-state index >= 15 is 0 Å². The summed E-state index contributed by atoms with van der Waals surface area (Å²) in [5.41, 5.74) is 0. The van der Waals surface area contributed by atoms with Gasteiger partial charge in [0.05, 0.1) is 12.5 Å². The van der Waals surface area contributed by atoms with Crippen LogP contribution in [0, 0.1) is 5.92 Å². The summed E-state index contributed by atoms with van der Waals surface area (Å²) >= 11 is 0. The van der Waals surface area contributed by atoms with Crippen LogP contribution in [0.5, 0.6) is 0 Å². The Morgan fingerprint density at radius 3 is 2.38 bits per heavy atom. The van der Waals surface area contributed by atoms with E-state index in [1.54, 1.807) is 25.9 Å². The Labute approximate surface area is 77.7 Å². The summed E-state index contributed by atoms with van der Waals surface area (Å²) in [7, 11) is 3.56. The molecule has 0 spiro atoms. The van der Waals surface area contributed by atoms with Gasteiger partial charge in [0.15, 0.2) is 0 Å². The Hall–Kier alpha value is -1.10. The van der Waals surface area contributed by atoms with E-state index in [2.05, 4.69) is 5.32 Å². The van der Waals surface area contributed by atoms with Crippen molar-refractivity contribution in [2.45, 2.75) is 6.92 Å². The second kappa shape index (κ2) is 5.53. The molecule has 2 N–H and O–H groups in total. The lowest BCUT2D eigenvalue weighted by Crippen LogP contribution is -2.37. The Morgan fingerprint density at radius 1 is 1.46 bits per heavy atom. The van der Waals surface area contributed by atoms with Gasteiger partial charge < -0.3 is 15.3 Å². The van der Waals surface area contributed by atoms with Crippen LogP contribution >= 0.6 is 0 Å². The number of carbonyl (C=O) groups excluding carboxylic acids is 1. The van der Waals surface area contributed by atoms with Gasteiger partial charge in [-0.1, -0.05) is 6.92 Å². The number of rotatable bonds is 5. The molecule has 0 saturated heterocycles. The van der Waals surface area contributed by atoms with Crippen LogP contribution in [0.3, 0.4) is 0 Å². The van der Waals surface area contributed by atoms with Gasteiger partial charge in [0.1, 0.15) is 0 Å². The number of carboxylic acid groups (broad SMARTS) is 1. The van der Waals surface area contributed by atoms with Crippen LogP contribution in [0.15, 0.2) is 0 Å². The Balaban J connectivity index is 3.64. The van der Waals surface area contributed by atoms with Crippen LogP contribution in [0.1, 0.15) is 6.92 Å². The van der Waals surface area contributed by atoms with Crippen molar-refractivity contribution in [2.24, 2.45) is 5.92 Å². The highest BCUT2D eigenvalue weighted by atomic mass is 16.4. The number of hydrogen-bond donors (Lipinski definition) is 2. The van der Waals surface area contributed by atoms with Crippen LogP contribution < -0.4 is 5.32 Å². The lowest BCUT2D eigenvalue weighted by atomic mass is 10.2. The minimum atomic E-state index is -0.898. The molecule has 0 fully saturated rings. The van der Waals surface area contributed by atoms with E-state index in [1.165, 1.54) is 0 Å². The first-order valence-electron chi connectivity index (χ1n) is 4.07. The quantitative estimate of drug-likeness (QED) is 0.603. The van der Waals surface area contributed by atoms with E-state index in [1.807, 2.05) is 0 Å². The third kappa shape index (κ3) is 6.10. The van der Waals surface area contributed by atoms with Gasteiger partial charge in [-0.3, -0.25) is 9.59 Å². The van der Waals surface area contributed by atoms with Gasteiger partial charge in [-0.15, -0.1) is 0 Å². The maximum absolute atomic E-state index is 11.0. The zero-order valence-corrected chi connectivity index (χ0v) is 8.20. The summed E-state index contributed by atoms with van der Waals surface area (Å²) in [5, 5.41) is 11.0. The number of likely N-dealkylation sites (N-methyl/N-ethyl adjacent to an activating group) is 1. The number of nitrogens with one attached hydrogen (secondary N) is 1. The standard InChI is InChI=1S/C8H16N2O3/c1-6(8(12)13)4-9-7(11)5-10(2)3/h6H,4-5H2,1-3H3,(H,9,11)(H,12,13)/t6-/m0/s1. The zero-order valence-electron chi connectivity index (χ0n) is 8.20. The molecule has 0 aliphatic rings. The molecule has 0 aliphatic heterocycles. The smallest absolute Gasteiger partial charge is 0.308 e. The highest BCUT2D eigenvalue weighted by Crippen LogP contribution is 1.90. The third-order valence-electron chi connectivity index (χ3n) is 1.49. The molecular weight excluding hydrogens is 172 g/mol. The number of aliphatic carboxylic acids is 1. The molecule has 0 saturated carbocycles. The van der Waals surface area contributed by atoms with E-state index in [-0.39, 0.29) is 19.0 Å². The Bertz CT molecular complexity index is 192. The summed E-state index contributed by atoms with van der Waals surface area (Å²) in [5.74, 6) is -1.59. The molecule has 0 radical (unpaired) electrons. The van der Waals surface area contributed by atoms with Crippen molar-refractivity contribution in [3.63, 3.8) is 0 Å². The molecule has 0 rings (SSSR count). The first kappa shape index (κ1) is 11.9. The molecule has 0 bridgehead atoms.